The molecule has 0 aromatic heterocycles. The summed E-state index contributed by atoms with van der Waals surface area (Å²) in [5.41, 5.74) is 5.50. The van der Waals surface area contributed by atoms with Crippen LogP contribution in [0.5, 0.6) is 0 Å². The van der Waals surface area contributed by atoms with Crippen LogP contribution < -0.4 is 10.7 Å². The van der Waals surface area contributed by atoms with Crippen LogP contribution in [0.3, 0.4) is 0 Å². The van der Waals surface area contributed by atoms with Crippen molar-refractivity contribution in [2.24, 2.45) is 5.10 Å². The van der Waals surface area contributed by atoms with Gasteiger partial charge in [0.1, 0.15) is 0 Å². The van der Waals surface area contributed by atoms with Crippen LogP contribution in [-0.2, 0) is 9.59 Å². The number of rotatable bonds is 6. The molecule has 0 spiro atoms. The minimum absolute atomic E-state index is 0.0442. The molecule has 0 aliphatic heterocycles. The quantitative estimate of drug-likeness (QED) is 0.510. The third-order valence-corrected chi connectivity index (χ3v) is 4.67. The second-order valence-corrected chi connectivity index (χ2v) is 7.02. The van der Waals surface area contributed by atoms with Crippen molar-refractivity contribution in [2.45, 2.75) is 26.7 Å². The zero-order valence-corrected chi connectivity index (χ0v) is 16.8. The van der Waals surface area contributed by atoms with Gasteiger partial charge in [-0.3, -0.25) is 9.59 Å². The van der Waals surface area contributed by atoms with Crippen molar-refractivity contribution in [3.8, 4) is 0 Å². The predicted molar refractivity (Wildman–Crippen MR) is 109 cm³/mol. The lowest BCUT2D eigenvalue weighted by atomic mass is 10.1. The summed E-state index contributed by atoms with van der Waals surface area (Å²) in [6.45, 7) is 3.63. The van der Waals surface area contributed by atoms with E-state index < -0.39 is 0 Å². The Hall–Kier alpha value is -2.18. The highest BCUT2D eigenvalue weighted by atomic mass is 79.9. The fourth-order valence-electron chi connectivity index (χ4n) is 2.14. The van der Waals surface area contributed by atoms with Gasteiger partial charge in [0.25, 0.3) is 0 Å². The van der Waals surface area contributed by atoms with Gasteiger partial charge in [-0.15, -0.1) is 0 Å². The minimum Gasteiger partial charge on any atom is -0.326 e. The second kappa shape index (κ2) is 9.50. The molecule has 0 bridgehead atoms. The van der Waals surface area contributed by atoms with Crippen LogP contribution in [-0.4, -0.2) is 17.5 Å². The number of hydrogen-bond acceptors (Lipinski definition) is 3. The Bertz CT molecular complexity index is 835. The van der Waals surface area contributed by atoms with Crippen LogP contribution in [0, 0.1) is 6.92 Å². The van der Waals surface area contributed by atoms with E-state index in [4.69, 9.17) is 11.6 Å². The Balaban J connectivity index is 1.82. The highest BCUT2D eigenvalue weighted by Gasteiger charge is 2.09. The predicted octanol–water partition coefficient (Wildman–Crippen LogP) is 4.67. The van der Waals surface area contributed by atoms with Crippen LogP contribution in [0.15, 0.2) is 52.0 Å². The van der Waals surface area contributed by atoms with Gasteiger partial charge in [0.2, 0.25) is 11.8 Å². The summed E-state index contributed by atoms with van der Waals surface area (Å²) in [7, 11) is 0. The topological polar surface area (TPSA) is 70.6 Å². The van der Waals surface area contributed by atoms with Crippen molar-refractivity contribution in [2.75, 3.05) is 5.32 Å². The number of anilines is 1. The summed E-state index contributed by atoms with van der Waals surface area (Å²) >= 11 is 9.39. The Morgan fingerprint density at radius 3 is 2.42 bits per heavy atom. The van der Waals surface area contributed by atoms with E-state index in [2.05, 4.69) is 31.8 Å². The standard InChI is InChI=1S/C19H19BrClN3O2/c1-12-16(21)4-3-5-17(12)22-18(25)10-11-19(26)24-23-13(2)14-6-8-15(20)9-7-14/h3-9H,10-11H2,1-2H3,(H,22,25)(H,24,26)/b23-13+. The van der Waals surface area contributed by atoms with Crippen molar-refractivity contribution in [3.05, 3.63) is 63.1 Å². The number of nitrogens with zero attached hydrogens (tertiary/aromatic N) is 1. The van der Waals surface area contributed by atoms with E-state index in [1.165, 1.54) is 0 Å². The van der Waals surface area contributed by atoms with Gasteiger partial charge < -0.3 is 5.32 Å². The maximum Gasteiger partial charge on any atom is 0.240 e. The molecule has 2 aromatic rings. The molecule has 136 valence electrons. The van der Waals surface area contributed by atoms with E-state index in [0.717, 1.165) is 15.6 Å². The Kier molecular flexibility index (Phi) is 7.36. The van der Waals surface area contributed by atoms with Crippen molar-refractivity contribution in [1.82, 2.24) is 5.43 Å². The molecule has 2 rings (SSSR count). The first-order valence-corrected chi connectivity index (χ1v) is 9.18. The number of nitrogens with one attached hydrogen (secondary N) is 2. The van der Waals surface area contributed by atoms with Gasteiger partial charge >= 0.3 is 0 Å². The SMILES string of the molecule is C/C(=N\NC(=O)CCC(=O)Nc1cccc(Cl)c1C)c1ccc(Br)cc1. The van der Waals surface area contributed by atoms with Gasteiger partial charge in [-0.2, -0.15) is 5.10 Å². The number of benzene rings is 2. The molecular weight excluding hydrogens is 418 g/mol. The van der Waals surface area contributed by atoms with E-state index in [-0.39, 0.29) is 24.7 Å². The number of hydrogen-bond donors (Lipinski definition) is 2. The Morgan fingerprint density at radius 2 is 1.73 bits per heavy atom. The van der Waals surface area contributed by atoms with E-state index in [0.29, 0.717) is 16.4 Å². The zero-order chi connectivity index (χ0) is 19.1. The number of hydrazone groups is 1. The van der Waals surface area contributed by atoms with Gasteiger partial charge in [0.15, 0.2) is 0 Å². The van der Waals surface area contributed by atoms with Crippen molar-refractivity contribution >= 4 is 50.7 Å². The third-order valence-electron chi connectivity index (χ3n) is 3.73. The van der Waals surface area contributed by atoms with Gasteiger partial charge in [-0.05, 0) is 49.2 Å². The smallest absolute Gasteiger partial charge is 0.240 e. The molecular formula is C19H19BrClN3O2. The van der Waals surface area contributed by atoms with Crippen LogP contribution in [0.25, 0.3) is 0 Å². The summed E-state index contributed by atoms with van der Waals surface area (Å²) in [4.78, 5) is 23.9. The summed E-state index contributed by atoms with van der Waals surface area (Å²) in [6, 6.07) is 12.9. The molecule has 0 saturated heterocycles. The highest BCUT2D eigenvalue weighted by Crippen LogP contribution is 2.23. The summed E-state index contributed by atoms with van der Waals surface area (Å²) in [5, 5.41) is 7.40. The zero-order valence-electron chi connectivity index (χ0n) is 14.5. The molecule has 0 radical (unpaired) electrons. The third kappa shape index (κ3) is 5.97. The first kappa shape index (κ1) is 20.1. The van der Waals surface area contributed by atoms with Crippen LogP contribution in [0.1, 0.15) is 30.9 Å². The molecule has 5 nitrogen and oxygen atoms in total. The highest BCUT2D eigenvalue weighted by molar-refractivity contribution is 9.10. The average molecular weight is 437 g/mol. The van der Waals surface area contributed by atoms with E-state index >= 15 is 0 Å². The van der Waals surface area contributed by atoms with Crippen LogP contribution in [0.2, 0.25) is 5.02 Å². The molecule has 2 N–H and O–H groups in total. The van der Waals surface area contributed by atoms with E-state index in [1.807, 2.05) is 31.2 Å². The maximum absolute atomic E-state index is 12.0. The number of halogens is 2. The fourth-order valence-corrected chi connectivity index (χ4v) is 2.58. The lowest BCUT2D eigenvalue weighted by molar-refractivity contribution is -0.124. The molecule has 26 heavy (non-hydrogen) atoms. The molecule has 0 fully saturated rings. The normalized spacial score (nSPS) is 11.2. The van der Waals surface area contributed by atoms with E-state index in [1.54, 1.807) is 25.1 Å². The largest absolute Gasteiger partial charge is 0.326 e. The molecule has 0 aliphatic carbocycles. The summed E-state index contributed by atoms with van der Waals surface area (Å²) in [6.07, 6.45) is 0.104. The molecule has 0 heterocycles. The molecule has 0 atom stereocenters. The summed E-state index contributed by atoms with van der Waals surface area (Å²) < 4.78 is 0.971. The van der Waals surface area contributed by atoms with Crippen molar-refractivity contribution in [1.29, 1.82) is 0 Å². The lowest BCUT2D eigenvalue weighted by Crippen LogP contribution is -2.22. The first-order valence-electron chi connectivity index (χ1n) is 8.01. The molecule has 0 unspecified atom stereocenters. The number of carbonyl (C=O) groups excluding carboxylic acids is 2. The molecule has 2 aromatic carbocycles. The first-order chi connectivity index (χ1) is 12.4. The summed E-state index contributed by atoms with van der Waals surface area (Å²) in [5.74, 6) is -0.571. The second-order valence-electron chi connectivity index (χ2n) is 5.70. The van der Waals surface area contributed by atoms with Gasteiger partial charge in [0.05, 0.1) is 5.71 Å². The fraction of sp³-hybridized carbons (Fsp3) is 0.211. The average Bonchev–Trinajstić information content (AvgIpc) is 2.62. The van der Waals surface area contributed by atoms with Gasteiger partial charge in [-0.25, -0.2) is 5.43 Å². The molecule has 7 heteroatoms. The van der Waals surface area contributed by atoms with Crippen LogP contribution in [0.4, 0.5) is 5.69 Å². The minimum atomic E-state index is -0.320. The molecule has 2 amide bonds. The van der Waals surface area contributed by atoms with E-state index in [9.17, 15) is 9.59 Å². The van der Waals surface area contributed by atoms with Crippen molar-refractivity contribution < 1.29 is 9.59 Å². The Morgan fingerprint density at radius 1 is 1.08 bits per heavy atom. The van der Waals surface area contributed by atoms with Gasteiger partial charge in [0, 0.05) is 28.0 Å². The maximum atomic E-state index is 12.0. The number of amides is 2. The van der Waals surface area contributed by atoms with Crippen LogP contribution >= 0.6 is 27.5 Å². The molecule has 0 aliphatic rings. The Labute approximate surface area is 166 Å². The molecule has 0 saturated carbocycles. The number of carbonyl (C=O) groups is 2. The van der Waals surface area contributed by atoms with Crippen molar-refractivity contribution in [3.63, 3.8) is 0 Å². The lowest BCUT2D eigenvalue weighted by Gasteiger charge is -2.09. The monoisotopic (exact) mass is 435 g/mol. The van der Waals surface area contributed by atoms with Gasteiger partial charge in [-0.1, -0.05) is 45.7 Å².